The molecule has 0 heterocycles. The number of ether oxygens (including phenoxy) is 1. The molecule has 0 rings (SSSR count). The Bertz CT molecular complexity index is 33.2. The van der Waals surface area contributed by atoms with Crippen LogP contribution in [-0.4, -0.2) is 6.10 Å². The maximum atomic E-state index is 5.07. The number of rotatable bonds is 3. The molecule has 0 saturated heterocycles. The molecule has 1 heteroatoms. The molecule has 0 aromatic heterocycles. The first-order valence-corrected chi connectivity index (χ1v) is 2.74. The minimum absolute atomic E-state index is 0.347. The van der Waals surface area contributed by atoms with Crippen LogP contribution in [0.25, 0.3) is 0 Å². The Morgan fingerprint density at radius 3 is 2.29 bits per heavy atom. The van der Waals surface area contributed by atoms with Crippen LogP contribution in [0.3, 0.4) is 0 Å². The van der Waals surface area contributed by atoms with Crippen molar-refractivity contribution in [1.82, 2.24) is 0 Å². The third kappa shape index (κ3) is 5.96. The van der Waals surface area contributed by atoms with Crippen molar-refractivity contribution in [1.29, 1.82) is 0 Å². The van der Waals surface area contributed by atoms with Crippen molar-refractivity contribution in [2.75, 3.05) is 0 Å². The summed E-state index contributed by atoms with van der Waals surface area (Å²) in [6.07, 6.45) is 1.35. The third-order valence-electron chi connectivity index (χ3n) is 0.535. The van der Waals surface area contributed by atoms with Crippen molar-refractivity contribution in [3.8, 4) is 0 Å². The first kappa shape index (κ1) is 6.96. The molecule has 0 aromatic carbocycles. The molecule has 0 N–H and O–H groups in total. The highest BCUT2D eigenvalue weighted by Crippen LogP contribution is 1.92. The highest BCUT2D eigenvalue weighted by molar-refractivity contribution is 4.46. The lowest BCUT2D eigenvalue weighted by molar-refractivity contribution is 0.132. The van der Waals surface area contributed by atoms with Gasteiger partial charge in [-0.1, -0.05) is 6.92 Å². The second kappa shape index (κ2) is 4.13. The van der Waals surface area contributed by atoms with Crippen LogP contribution in [0.5, 0.6) is 0 Å². The zero-order chi connectivity index (χ0) is 5.70. The van der Waals surface area contributed by atoms with Gasteiger partial charge in [-0.2, -0.15) is 0 Å². The monoisotopic (exact) mass is 101 g/mol. The van der Waals surface area contributed by atoms with Crippen molar-refractivity contribution in [2.24, 2.45) is 0 Å². The molecule has 0 aromatic rings. The summed E-state index contributed by atoms with van der Waals surface area (Å²) < 4.78 is 5.07. The average molecular weight is 101 g/mol. The lowest BCUT2D eigenvalue weighted by atomic mass is 10.4. The van der Waals surface area contributed by atoms with Crippen LogP contribution < -0.4 is 0 Å². The summed E-state index contributed by atoms with van der Waals surface area (Å²) in [6.45, 7) is 7.92. The van der Waals surface area contributed by atoms with E-state index in [2.05, 4.69) is 6.92 Å². The van der Waals surface area contributed by atoms with Crippen LogP contribution in [0.1, 0.15) is 27.2 Å². The predicted molar refractivity (Wildman–Crippen MR) is 30.8 cm³/mol. The third-order valence-corrected chi connectivity index (χ3v) is 0.535. The van der Waals surface area contributed by atoms with E-state index in [0.29, 0.717) is 6.10 Å². The van der Waals surface area contributed by atoms with E-state index in [1.165, 1.54) is 0 Å². The van der Waals surface area contributed by atoms with E-state index in [1.807, 2.05) is 20.5 Å². The van der Waals surface area contributed by atoms with Crippen LogP contribution >= 0.6 is 0 Å². The van der Waals surface area contributed by atoms with Gasteiger partial charge in [0.2, 0.25) is 0 Å². The molecule has 0 aliphatic heterocycles. The first-order valence-electron chi connectivity index (χ1n) is 2.74. The predicted octanol–water partition coefficient (Wildman–Crippen LogP) is 1.98. The second-order valence-electron chi connectivity index (χ2n) is 1.76. The number of hydrogen-bond donors (Lipinski definition) is 0. The van der Waals surface area contributed by atoms with Gasteiger partial charge in [0, 0.05) is 0 Å². The maximum Gasteiger partial charge on any atom is 0.0837 e. The van der Waals surface area contributed by atoms with Crippen LogP contribution in [-0.2, 0) is 4.74 Å². The molecule has 7 heavy (non-hydrogen) atoms. The van der Waals surface area contributed by atoms with E-state index in [0.717, 1.165) is 6.42 Å². The van der Waals surface area contributed by atoms with Gasteiger partial charge in [-0.15, -0.1) is 0 Å². The Hall–Kier alpha value is -0.0400. The zero-order valence-corrected chi connectivity index (χ0v) is 5.27. The van der Waals surface area contributed by atoms with Gasteiger partial charge in [0.25, 0.3) is 0 Å². The fourth-order valence-corrected chi connectivity index (χ4v) is 0.289. The van der Waals surface area contributed by atoms with Crippen LogP contribution in [0.2, 0.25) is 0 Å². The zero-order valence-electron chi connectivity index (χ0n) is 5.27. The fourth-order valence-electron chi connectivity index (χ4n) is 0.289. The Labute approximate surface area is 45.7 Å². The Balaban J connectivity index is 2.68. The largest absolute Gasteiger partial charge is 0.373 e. The smallest absolute Gasteiger partial charge is 0.0837 e. The van der Waals surface area contributed by atoms with Crippen molar-refractivity contribution < 1.29 is 4.74 Å². The van der Waals surface area contributed by atoms with E-state index in [1.54, 1.807) is 0 Å². The molecule has 0 saturated carbocycles. The fraction of sp³-hybridized carbons (Fsp3) is 0.833. The topological polar surface area (TPSA) is 9.23 Å². The molecule has 0 aliphatic carbocycles. The standard InChI is InChI=1S/C6H13O/c1-4-5-7-6(2)3/h5-6H,4H2,1-3H3. The highest BCUT2D eigenvalue weighted by Gasteiger charge is 1.87. The van der Waals surface area contributed by atoms with Crippen molar-refractivity contribution in [3.05, 3.63) is 6.61 Å². The van der Waals surface area contributed by atoms with E-state index < -0.39 is 0 Å². The Morgan fingerprint density at radius 2 is 2.14 bits per heavy atom. The summed E-state index contributed by atoms with van der Waals surface area (Å²) in [5, 5.41) is 0. The van der Waals surface area contributed by atoms with E-state index >= 15 is 0 Å². The lowest BCUT2D eigenvalue weighted by Crippen LogP contribution is -1.97. The SMILES string of the molecule is CC[CH]OC(C)C. The van der Waals surface area contributed by atoms with Gasteiger partial charge in [-0.3, -0.25) is 0 Å². The van der Waals surface area contributed by atoms with Gasteiger partial charge in [0.1, 0.15) is 0 Å². The molecule has 0 spiro atoms. The number of hydrogen-bond acceptors (Lipinski definition) is 1. The van der Waals surface area contributed by atoms with Crippen LogP contribution in [0.4, 0.5) is 0 Å². The lowest BCUT2D eigenvalue weighted by Gasteiger charge is -2.02. The van der Waals surface area contributed by atoms with Crippen LogP contribution in [0, 0.1) is 6.61 Å². The summed E-state index contributed by atoms with van der Waals surface area (Å²) >= 11 is 0. The van der Waals surface area contributed by atoms with E-state index in [4.69, 9.17) is 4.74 Å². The Kier molecular flexibility index (Phi) is 4.10. The van der Waals surface area contributed by atoms with Gasteiger partial charge in [-0.05, 0) is 20.3 Å². The Morgan fingerprint density at radius 1 is 1.57 bits per heavy atom. The van der Waals surface area contributed by atoms with Gasteiger partial charge < -0.3 is 4.74 Å². The highest BCUT2D eigenvalue weighted by atomic mass is 16.5. The van der Waals surface area contributed by atoms with E-state index in [-0.39, 0.29) is 0 Å². The molecule has 0 unspecified atom stereocenters. The van der Waals surface area contributed by atoms with Crippen molar-refractivity contribution >= 4 is 0 Å². The first-order chi connectivity index (χ1) is 3.27. The van der Waals surface area contributed by atoms with Gasteiger partial charge in [0.05, 0.1) is 12.7 Å². The molecule has 0 fully saturated rings. The summed E-state index contributed by atoms with van der Waals surface area (Å²) in [7, 11) is 0. The molecular formula is C6H13O. The quantitative estimate of drug-likeness (QED) is 0.528. The minimum atomic E-state index is 0.347. The molecule has 0 amide bonds. The summed E-state index contributed by atoms with van der Waals surface area (Å²) in [6, 6.07) is 0. The van der Waals surface area contributed by atoms with Crippen molar-refractivity contribution in [3.63, 3.8) is 0 Å². The maximum absolute atomic E-state index is 5.07. The van der Waals surface area contributed by atoms with Crippen LogP contribution in [0.15, 0.2) is 0 Å². The summed E-state index contributed by atoms with van der Waals surface area (Å²) in [5.74, 6) is 0. The second-order valence-corrected chi connectivity index (χ2v) is 1.76. The molecule has 1 radical (unpaired) electrons. The van der Waals surface area contributed by atoms with Crippen molar-refractivity contribution in [2.45, 2.75) is 33.3 Å². The molecule has 0 bridgehead atoms. The molecule has 0 aliphatic rings. The van der Waals surface area contributed by atoms with Gasteiger partial charge >= 0.3 is 0 Å². The van der Waals surface area contributed by atoms with Gasteiger partial charge in [-0.25, -0.2) is 0 Å². The summed E-state index contributed by atoms with van der Waals surface area (Å²) in [4.78, 5) is 0. The molecular weight excluding hydrogens is 88.1 g/mol. The molecule has 1 nitrogen and oxygen atoms in total. The minimum Gasteiger partial charge on any atom is -0.373 e. The summed E-state index contributed by atoms with van der Waals surface area (Å²) in [5.41, 5.74) is 0. The van der Waals surface area contributed by atoms with E-state index in [9.17, 15) is 0 Å². The van der Waals surface area contributed by atoms with Gasteiger partial charge in [0.15, 0.2) is 0 Å². The normalized spacial score (nSPS) is 10.3. The molecule has 43 valence electrons. The average Bonchev–Trinajstić information content (AvgIpc) is 1.61. The molecule has 0 atom stereocenters.